The lowest BCUT2D eigenvalue weighted by Gasteiger charge is -2.09. The molecule has 0 fully saturated rings. The summed E-state index contributed by atoms with van der Waals surface area (Å²) in [5.74, 6) is 1.77. The zero-order valence-electron chi connectivity index (χ0n) is 12.5. The van der Waals surface area contributed by atoms with Crippen molar-refractivity contribution in [1.82, 2.24) is 5.32 Å². The van der Waals surface area contributed by atoms with E-state index in [1.54, 1.807) is 0 Å². The summed E-state index contributed by atoms with van der Waals surface area (Å²) in [5, 5.41) is 3.36. The molecule has 0 spiro atoms. The van der Waals surface area contributed by atoms with Crippen LogP contribution in [-0.2, 0) is 6.54 Å². The average molecular weight is 285 g/mol. The minimum absolute atomic E-state index is 0.655. The Morgan fingerprint density at radius 2 is 1.43 bits per heavy atom. The molecule has 1 N–H and O–H groups in total. The summed E-state index contributed by atoms with van der Waals surface area (Å²) < 4.78 is 11.2. The van der Waals surface area contributed by atoms with Gasteiger partial charge in [0.1, 0.15) is 18.1 Å². The van der Waals surface area contributed by atoms with Gasteiger partial charge in [-0.2, -0.15) is 0 Å². The molecule has 0 saturated heterocycles. The monoisotopic (exact) mass is 285 g/mol. The van der Waals surface area contributed by atoms with Gasteiger partial charge in [-0.25, -0.2) is 0 Å². The van der Waals surface area contributed by atoms with Gasteiger partial charge in [-0.15, -0.1) is 0 Å². The van der Waals surface area contributed by atoms with Crippen LogP contribution in [0.5, 0.6) is 11.5 Å². The molecule has 0 aliphatic rings. The average Bonchev–Trinajstić information content (AvgIpc) is 2.55. The Labute approximate surface area is 126 Å². The molecule has 0 unspecified atom stereocenters. The summed E-state index contributed by atoms with van der Waals surface area (Å²) in [5.41, 5.74) is 1.29. The van der Waals surface area contributed by atoms with Gasteiger partial charge in [0.15, 0.2) is 0 Å². The van der Waals surface area contributed by atoms with Crippen LogP contribution < -0.4 is 14.8 Å². The molecule has 3 nitrogen and oxygen atoms in total. The quantitative estimate of drug-likeness (QED) is 0.713. The highest BCUT2D eigenvalue weighted by Gasteiger charge is 1.96. The van der Waals surface area contributed by atoms with E-state index in [0.717, 1.165) is 37.6 Å². The summed E-state index contributed by atoms with van der Waals surface area (Å²) in [4.78, 5) is 0. The van der Waals surface area contributed by atoms with E-state index in [4.69, 9.17) is 9.47 Å². The first-order valence-electron chi connectivity index (χ1n) is 7.49. The fourth-order valence-corrected chi connectivity index (χ4v) is 1.92. The molecule has 0 aromatic heterocycles. The summed E-state index contributed by atoms with van der Waals surface area (Å²) in [6.07, 6.45) is 1.02. The maximum Gasteiger partial charge on any atom is 0.119 e. The van der Waals surface area contributed by atoms with Crippen molar-refractivity contribution in [1.29, 1.82) is 0 Å². The number of ether oxygens (including phenoxy) is 2. The van der Waals surface area contributed by atoms with E-state index in [0.29, 0.717) is 6.61 Å². The number of hydrogen-bond acceptors (Lipinski definition) is 3. The van der Waals surface area contributed by atoms with Gasteiger partial charge in [-0.05, 0) is 36.2 Å². The van der Waals surface area contributed by atoms with E-state index < -0.39 is 0 Å². The van der Waals surface area contributed by atoms with Gasteiger partial charge < -0.3 is 14.8 Å². The highest BCUT2D eigenvalue weighted by atomic mass is 16.5. The molecule has 2 aromatic rings. The Kier molecular flexibility index (Phi) is 6.62. The third-order valence-corrected chi connectivity index (χ3v) is 3.02. The standard InChI is InChI=1S/C18H23NO2/c1-2-13-20-17-8-10-18(11-9-17)21-14-12-19-15-16-6-4-3-5-7-16/h3-11,19H,2,12-15H2,1H3. The fraction of sp³-hybridized carbons (Fsp3) is 0.333. The molecule has 112 valence electrons. The van der Waals surface area contributed by atoms with Gasteiger partial charge in [0, 0.05) is 13.1 Å². The molecule has 0 aliphatic heterocycles. The maximum absolute atomic E-state index is 5.69. The van der Waals surface area contributed by atoms with E-state index in [2.05, 4.69) is 36.5 Å². The van der Waals surface area contributed by atoms with Gasteiger partial charge in [0.05, 0.1) is 6.61 Å². The Morgan fingerprint density at radius 1 is 0.810 bits per heavy atom. The molecule has 21 heavy (non-hydrogen) atoms. The van der Waals surface area contributed by atoms with Crippen LogP contribution in [0.1, 0.15) is 18.9 Å². The molecule has 0 heterocycles. The molecule has 3 heteroatoms. The normalized spacial score (nSPS) is 10.3. The van der Waals surface area contributed by atoms with Crippen LogP contribution in [0.4, 0.5) is 0 Å². The smallest absolute Gasteiger partial charge is 0.119 e. The Hall–Kier alpha value is -2.00. The number of benzene rings is 2. The zero-order chi connectivity index (χ0) is 14.8. The van der Waals surface area contributed by atoms with Crippen LogP contribution in [0, 0.1) is 0 Å². The van der Waals surface area contributed by atoms with Gasteiger partial charge in [-0.1, -0.05) is 37.3 Å². The first-order valence-corrected chi connectivity index (χ1v) is 7.49. The van der Waals surface area contributed by atoms with Crippen LogP contribution in [0.2, 0.25) is 0 Å². The Morgan fingerprint density at radius 3 is 2.05 bits per heavy atom. The molecule has 0 amide bonds. The molecule has 0 radical (unpaired) electrons. The van der Waals surface area contributed by atoms with Gasteiger partial charge in [0.2, 0.25) is 0 Å². The Balaban J connectivity index is 1.62. The molecular formula is C18H23NO2. The van der Waals surface area contributed by atoms with Crippen LogP contribution >= 0.6 is 0 Å². The predicted molar refractivity (Wildman–Crippen MR) is 85.9 cm³/mol. The predicted octanol–water partition coefficient (Wildman–Crippen LogP) is 3.64. The van der Waals surface area contributed by atoms with Crippen molar-refractivity contribution >= 4 is 0 Å². The number of hydrogen-bond donors (Lipinski definition) is 1. The fourth-order valence-electron chi connectivity index (χ4n) is 1.92. The van der Waals surface area contributed by atoms with Crippen LogP contribution in [0.3, 0.4) is 0 Å². The number of nitrogens with one attached hydrogen (secondary N) is 1. The second-order valence-corrected chi connectivity index (χ2v) is 4.83. The summed E-state index contributed by atoms with van der Waals surface area (Å²) in [6.45, 7) is 5.20. The van der Waals surface area contributed by atoms with Crippen LogP contribution in [-0.4, -0.2) is 19.8 Å². The third kappa shape index (κ3) is 5.88. The third-order valence-electron chi connectivity index (χ3n) is 3.02. The van der Waals surface area contributed by atoms with Gasteiger partial charge in [-0.3, -0.25) is 0 Å². The second-order valence-electron chi connectivity index (χ2n) is 4.83. The molecule has 2 aromatic carbocycles. The molecule has 0 bridgehead atoms. The summed E-state index contributed by atoms with van der Waals surface area (Å²) in [7, 11) is 0. The van der Waals surface area contributed by atoms with Gasteiger partial charge >= 0.3 is 0 Å². The van der Waals surface area contributed by atoms with Crippen molar-refractivity contribution in [2.75, 3.05) is 19.8 Å². The minimum atomic E-state index is 0.655. The van der Waals surface area contributed by atoms with Gasteiger partial charge in [0.25, 0.3) is 0 Å². The van der Waals surface area contributed by atoms with E-state index in [9.17, 15) is 0 Å². The van der Waals surface area contributed by atoms with Crippen molar-refractivity contribution in [3.8, 4) is 11.5 Å². The van der Waals surface area contributed by atoms with E-state index in [1.807, 2.05) is 30.3 Å². The second kappa shape index (κ2) is 9.03. The molecule has 0 aliphatic carbocycles. The molecular weight excluding hydrogens is 262 g/mol. The van der Waals surface area contributed by atoms with Crippen molar-refractivity contribution < 1.29 is 9.47 Å². The molecule has 0 atom stereocenters. The van der Waals surface area contributed by atoms with Crippen molar-refractivity contribution in [3.05, 3.63) is 60.2 Å². The lowest BCUT2D eigenvalue weighted by Crippen LogP contribution is -2.20. The summed E-state index contributed by atoms with van der Waals surface area (Å²) in [6, 6.07) is 18.1. The molecule has 0 saturated carbocycles. The SMILES string of the molecule is CCCOc1ccc(OCCNCc2ccccc2)cc1. The first-order chi connectivity index (χ1) is 10.4. The number of rotatable bonds is 9. The highest BCUT2D eigenvalue weighted by molar-refractivity contribution is 5.31. The van der Waals surface area contributed by atoms with Crippen molar-refractivity contribution in [3.63, 3.8) is 0 Å². The van der Waals surface area contributed by atoms with E-state index >= 15 is 0 Å². The van der Waals surface area contributed by atoms with E-state index in [1.165, 1.54) is 5.56 Å². The minimum Gasteiger partial charge on any atom is -0.494 e. The zero-order valence-corrected chi connectivity index (χ0v) is 12.5. The molecule has 2 rings (SSSR count). The topological polar surface area (TPSA) is 30.5 Å². The van der Waals surface area contributed by atoms with Crippen molar-refractivity contribution in [2.24, 2.45) is 0 Å². The largest absolute Gasteiger partial charge is 0.494 e. The maximum atomic E-state index is 5.69. The Bertz CT molecular complexity index is 496. The summed E-state index contributed by atoms with van der Waals surface area (Å²) >= 11 is 0. The van der Waals surface area contributed by atoms with Crippen LogP contribution in [0.15, 0.2) is 54.6 Å². The van der Waals surface area contributed by atoms with Crippen molar-refractivity contribution in [2.45, 2.75) is 19.9 Å². The van der Waals surface area contributed by atoms with E-state index in [-0.39, 0.29) is 0 Å². The van der Waals surface area contributed by atoms with Crippen LogP contribution in [0.25, 0.3) is 0 Å². The lowest BCUT2D eigenvalue weighted by atomic mass is 10.2. The highest BCUT2D eigenvalue weighted by Crippen LogP contribution is 2.17. The first kappa shape index (κ1) is 15.4. The lowest BCUT2D eigenvalue weighted by molar-refractivity contribution is 0.307.